The minimum absolute atomic E-state index is 0.246. The Morgan fingerprint density at radius 1 is 1.09 bits per heavy atom. The van der Waals surface area contributed by atoms with Crippen molar-refractivity contribution in [2.45, 2.75) is 24.5 Å². The van der Waals surface area contributed by atoms with Gasteiger partial charge < -0.3 is 4.74 Å². The van der Waals surface area contributed by atoms with Crippen molar-refractivity contribution in [2.24, 2.45) is 0 Å². The number of thiazole rings is 1. The summed E-state index contributed by atoms with van der Waals surface area (Å²) in [6, 6.07) is 12.8. The number of aromatic nitrogens is 1. The molecule has 1 heterocycles. The maximum absolute atomic E-state index is 13.5. The standard InChI is InChI=1S/C25H21ClFNO3S2/c1-16-3-10-21(14-19(26)13-16)31-15-23-28-24(17-4-8-20(27)9-5-17)25(32-23)18-6-11-22(12-7-18)33(2,29)30/h3-14,21H,15H2,1-2H3. The fraction of sp³-hybridized carbons (Fsp3) is 0.160. The van der Waals surface area contributed by atoms with Crippen molar-refractivity contribution in [1.29, 1.82) is 0 Å². The highest BCUT2D eigenvalue weighted by Gasteiger charge is 2.17. The van der Waals surface area contributed by atoms with E-state index in [0.29, 0.717) is 10.7 Å². The van der Waals surface area contributed by atoms with Gasteiger partial charge in [-0.2, -0.15) is 0 Å². The number of hydrogen-bond donors (Lipinski definition) is 0. The van der Waals surface area contributed by atoms with Crippen LogP contribution in [-0.4, -0.2) is 25.8 Å². The lowest BCUT2D eigenvalue weighted by Crippen LogP contribution is -2.06. The summed E-state index contributed by atoms with van der Waals surface area (Å²) in [5, 5.41) is 1.35. The van der Waals surface area contributed by atoms with Crippen LogP contribution in [-0.2, 0) is 21.2 Å². The summed E-state index contributed by atoms with van der Waals surface area (Å²) in [5.74, 6) is -0.329. The lowest BCUT2D eigenvalue weighted by molar-refractivity contribution is 0.101. The molecule has 0 N–H and O–H groups in total. The van der Waals surface area contributed by atoms with Crippen molar-refractivity contribution in [3.05, 3.63) is 94.3 Å². The summed E-state index contributed by atoms with van der Waals surface area (Å²) < 4.78 is 43.1. The molecule has 3 aromatic rings. The Labute approximate surface area is 201 Å². The number of sulfone groups is 1. The normalized spacial score (nSPS) is 16.3. The Morgan fingerprint density at radius 3 is 2.42 bits per heavy atom. The molecular formula is C25H21ClFNO3S2. The van der Waals surface area contributed by atoms with Crippen LogP contribution in [0.4, 0.5) is 4.39 Å². The van der Waals surface area contributed by atoms with Gasteiger partial charge in [0, 0.05) is 16.9 Å². The van der Waals surface area contributed by atoms with Gasteiger partial charge in [0.05, 0.1) is 28.2 Å². The van der Waals surface area contributed by atoms with E-state index in [0.717, 1.165) is 26.6 Å². The zero-order chi connectivity index (χ0) is 23.6. The predicted octanol–water partition coefficient (Wildman–Crippen LogP) is 6.54. The Hall–Kier alpha value is -2.58. The minimum atomic E-state index is -3.30. The van der Waals surface area contributed by atoms with Gasteiger partial charge in [-0.05, 0) is 66.6 Å². The molecule has 1 aliphatic rings. The van der Waals surface area contributed by atoms with Crippen LogP contribution in [0.3, 0.4) is 0 Å². The molecule has 170 valence electrons. The number of halogens is 2. The number of ether oxygens (including phenoxy) is 1. The first-order valence-electron chi connectivity index (χ1n) is 10.1. The van der Waals surface area contributed by atoms with E-state index in [9.17, 15) is 12.8 Å². The van der Waals surface area contributed by atoms with E-state index >= 15 is 0 Å². The van der Waals surface area contributed by atoms with Crippen molar-refractivity contribution in [3.63, 3.8) is 0 Å². The molecule has 1 atom stereocenters. The molecule has 0 saturated heterocycles. The number of nitrogens with zero attached hydrogens (tertiary/aromatic N) is 1. The molecule has 33 heavy (non-hydrogen) atoms. The summed E-state index contributed by atoms with van der Waals surface area (Å²) in [4.78, 5) is 5.86. The van der Waals surface area contributed by atoms with E-state index < -0.39 is 9.84 Å². The first kappa shape index (κ1) is 23.6. The maximum Gasteiger partial charge on any atom is 0.175 e. The van der Waals surface area contributed by atoms with Crippen LogP contribution >= 0.6 is 22.9 Å². The molecule has 0 fully saturated rings. The fourth-order valence-electron chi connectivity index (χ4n) is 3.32. The van der Waals surface area contributed by atoms with Crippen LogP contribution in [0, 0.1) is 5.82 Å². The van der Waals surface area contributed by atoms with Gasteiger partial charge >= 0.3 is 0 Å². The van der Waals surface area contributed by atoms with Crippen molar-refractivity contribution >= 4 is 32.8 Å². The average Bonchev–Trinajstić information content (AvgIpc) is 3.12. The van der Waals surface area contributed by atoms with Crippen LogP contribution in [0.5, 0.6) is 0 Å². The molecule has 2 aromatic carbocycles. The molecule has 0 radical (unpaired) electrons. The van der Waals surface area contributed by atoms with Crippen LogP contribution in [0.15, 0.2) is 88.3 Å². The summed E-state index contributed by atoms with van der Waals surface area (Å²) >= 11 is 7.67. The van der Waals surface area contributed by atoms with Gasteiger partial charge in [0.2, 0.25) is 0 Å². The molecule has 4 rings (SSSR count). The third-order valence-electron chi connectivity index (χ3n) is 4.97. The molecule has 8 heteroatoms. The Balaban J connectivity index is 1.66. The van der Waals surface area contributed by atoms with Gasteiger partial charge in [-0.25, -0.2) is 17.8 Å². The van der Waals surface area contributed by atoms with Gasteiger partial charge in [-0.3, -0.25) is 0 Å². The van der Waals surface area contributed by atoms with E-state index in [2.05, 4.69) is 0 Å². The first-order valence-corrected chi connectivity index (χ1v) is 13.2. The second-order valence-electron chi connectivity index (χ2n) is 7.66. The highest BCUT2D eigenvalue weighted by atomic mass is 35.5. The largest absolute Gasteiger partial charge is 0.363 e. The van der Waals surface area contributed by atoms with E-state index in [1.807, 2.05) is 31.2 Å². The molecule has 0 spiro atoms. The molecule has 0 amide bonds. The van der Waals surface area contributed by atoms with E-state index in [1.54, 1.807) is 36.4 Å². The summed E-state index contributed by atoms with van der Waals surface area (Å²) in [6.45, 7) is 2.22. The SMILES string of the molecule is CC1=CC(Cl)=CC(OCc2nc(-c3ccc(F)cc3)c(-c3ccc(S(C)(=O)=O)cc3)s2)C=C1. The Kier molecular flexibility index (Phi) is 6.95. The van der Waals surface area contributed by atoms with Crippen LogP contribution in [0.25, 0.3) is 21.7 Å². The fourth-order valence-corrected chi connectivity index (χ4v) is 5.26. The number of allylic oxidation sites excluding steroid dienone is 4. The lowest BCUT2D eigenvalue weighted by atomic mass is 10.1. The summed E-state index contributed by atoms with van der Waals surface area (Å²) in [7, 11) is -3.30. The Morgan fingerprint density at radius 2 is 1.76 bits per heavy atom. The highest BCUT2D eigenvalue weighted by Crippen LogP contribution is 2.37. The second kappa shape index (κ2) is 9.73. The maximum atomic E-state index is 13.5. The second-order valence-corrected chi connectivity index (χ2v) is 11.2. The van der Waals surface area contributed by atoms with Crippen LogP contribution in [0.2, 0.25) is 0 Å². The summed E-state index contributed by atoms with van der Waals surface area (Å²) in [6.07, 6.45) is 8.47. The van der Waals surface area contributed by atoms with E-state index in [-0.39, 0.29) is 23.4 Å². The topological polar surface area (TPSA) is 56.3 Å². The average molecular weight is 502 g/mol. The Bertz CT molecular complexity index is 1360. The molecule has 0 aliphatic heterocycles. The third kappa shape index (κ3) is 5.86. The van der Waals surface area contributed by atoms with Gasteiger partial charge in [-0.1, -0.05) is 35.9 Å². The van der Waals surface area contributed by atoms with Crippen molar-refractivity contribution < 1.29 is 17.5 Å². The molecule has 1 unspecified atom stereocenters. The number of rotatable bonds is 6. The van der Waals surface area contributed by atoms with Crippen molar-refractivity contribution in [3.8, 4) is 21.7 Å². The molecule has 0 saturated carbocycles. The quantitative estimate of drug-likeness (QED) is 0.384. The van der Waals surface area contributed by atoms with Gasteiger partial charge in [0.25, 0.3) is 0 Å². The van der Waals surface area contributed by atoms with Crippen LogP contribution < -0.4 is 0 Å². The predicted molar refractivity (Wildman–Crippen MR) is 131 cm³/mol. The van der Waals surface area contributed by atoms with Gasteiger partial charge in [-0.15, -0.1) is 11.3 Å². The molecular weight excluding hydrogens is 481 g/mol. The number of benzene rings is 2. The zero-order valence-corrected chi connectivity index (χ0v) is 20.3. The monoisotopic (exact) mass is 501 g/mol. The minimum Gasteiger partial charge on any atom is -0.363 e. The van der Waals surface area contributed by atoms with Crippen molar-refractivity contribution in [2.75, 3.05) is 6.26 Å². The lowest BCUT2D eigenvalue weighted by Gasteiger charge is -2.08. The highest BCUT2D eigenvalue weighted by molar-refractivity contribution is 7.90. The smallest absolute Gasteiger partial charge is 0.175 e. The van der Waals surface area contributed by atoms with Crippen molar-refractivity contribution in [1.82, 2.24) is 4.98 Å². The van der Waals surface area contributed by atoms with E-state index in [1.165, 1.54) is 29.7 Å². The van der Waals surface area contributed by atoms with E-state index in [4.69, 9.17) is 21.3 Å². The van der Waals surface area contributed by atoms with Crippen LogP contribution in [0.1, 0.15) is 11.9 Å². The number of hydrogen-bond acceptors (Lipinski definition) is 5. The molecule has 1 aromatic heterocycles. The molecule has 0 bridgehead atoms. The molecule has 4 nitrogen and oxygen atoms in total. The first-order chi connectivity index (χ1) is 15.7. The van der Waals surface area contributed by atoms with Gasteiger partial charge in [0.1, 0.15) is 10.8 Å². The third-order valence-corrected chi connectivity index (χ3v) is 7.41. The van der Waals surface area contributed by atoms with Gasteiger partial charge in [0.15, 0.2) is 9.84 Å². The zero-order valence-electron chi connectivity index (χ0n) is 18.0. The molecule has 1 aliphatic carbocycles. The summed E-state index contributed by atoms with van der Waals surface area (Å²) in [5.41, 5.74) is 3.31.